The molecule has 1 heterocycles. The average molecular weight is 450 g/mol. The summed E-state index contributed by atoms with van der Waals surface area (Å²) >= 11 is 12.3. The van der Waals surface area contributed by atoms with Crippen LogP contribution in [0.3, 0.4) is 0 Å². The Kier molecular flexibility index (Phi) is 6.17. The normalized spacial score (nSPS) is 11.4. The molecule has 0 aliphatic heterocycles. The van der Waals surface area contributed by atoms with Crippen molar-refractivity contribution in [3.8, 4) is 5.75 Å². The Hall–Kier alpha value is -3.01. The lowest BCUT2D eigenvalue weighted by atomic mass is 10.1. The van der Waals surface area contributed by atoms with E-state index in [2.05, 4.69) is 23.6 Å². The van der Waals surface area contributed by atoms with E-state index in [1.54, 1.807) is 37.5 Å². The van der Waals surface area contributed by atoms with Crippen LogP contribution in [0.2, 0.25) is 10.0 Å². The van der Waals surface area contributed by atoms with Gasteiger partial charge in [0.2, 0.25) is 0 Å². The molecule has 0 spiro atoms. The maximum Gasteiger partial charge on any atom is 0.185 e. The number of para-hydroxylation sites is 1. The third-order valence-corrected chi connectivity index (χ3v) is 6.12. The number of hydrogen-bond acceptors (Lipinski definition) is 2. The Balaban J connectivity index is 1.69. The average Bonchev–Trinajstić information content (AvgIpc) is 3.05. The summed E-state index contributed by atoms with van der Waals surface area (Å²) in [6.45, 7) is 2.72. The summed E-state index contributed by atoms with van der Waals surface area (Å²) in [5.41, 5.74) is 4.88. The minimum Gasteiger partial charge on any atom is -0.497 e. The van der Waals surface area contributed by atoms with Gasteiger partial charge in [0.25, 0.3) is 0 Å². The summed E-state index contributed by atoms with van der Waals surface area (Å²) in [4.78, 5) is 12.7. The van der Waals surface area contributed by atoms with Crippen molar-refractivity contribution in [3.05, 3.63) is 105 Å². The van der Waals surface area contributed by atoms with Crippen molar-refractivity contribution in [2.75, 3.05) is 7.11 Å². The molecule has 0 saturated heterocycles. The Morgan fingerprint density at radius 2 is 1.74 bits per heavy atom. The van der Waals surface area contributed by atoms with E-state index in [9.17, 15) is 4.79 Å². The van der Waals surface area contributed by atoms with Crippen LogP contribution < -0.4 is 4.74 Å². The predicted octanol–water partition coefficient (Wildman–Crippen LogP) is 7.21. The Labute approximate surface area is 191 Å². The highest BCUT2D eigenvalue weighted by Gasteiger charge is 2.13. The first-order valence-electron chi connectivity index (χ1n) is 9.86. The van der Waals surface area contributed by atoms with E-state index in [0.29, 0.717) is 22.2 Å². The number of ether oxygens (including phenoxy) is 1. The quantitative estimate of drug-likeness (QED) is 0.230. The lowest BCUT2D eigenvalue weighted by Crippen LogP contribution is -2.02. The summed E-state index contributed by atoms with van der Waals surface area (Å²) in [6.07, 6.45) is 3.52. The smallest absolute Gasteiger partial charge is 0.185 e. The molecule has 0 radical (unpaired) electrons. The molecule has 0 aliphatic rings. The van der Waals surface area contributed by atoms with Crippen molar-refractivity contribution in [1.82, 2.24) is 4.57 Å². The zero-order valence-electron chi connectivity index (χ0n) is 17.2. The van der Waals surface area contributed by atoms with E-state index >= 15 is 0 Å². The van der Waals surface area contributed by atoms with Crippen LogP contribution in [0.4, 0.5) is 0 Å². The number of rotatable bonds is 6. The first-order chi connectivity index (χ1) is 15.0. The van der Waals surface area contributed by atoms with E-state index in [-0.39, 0.29) is 5.78 Å². The van der Waals surface area contributed by atoms with Gasteiger partial charge in [-0.3, -0.25) is 4.79 Å². The number of hydrogen-bond donors (Lipinski definition) is 0. The molecule has 4 aromatic rings. The Bertz CT molecular complexity index is 1290. The molecule has 0 unspecified atom stereocenters. The van der Waals surface area contributed by atoms with Crippen LogP contribution in [0, 0.1) is 6.92 Å². The molecule has 0 N–H and O–H groups in total. The van der Waals surface area contributed by atoms with Crippen LogP contribution in [0.5, 0.6) is 5.75 Å². The van der Waals surface area contributed by atoms with Crippen LogP contribution in [0.15, 0.2) is 72.8 Å². The lowest BCUT2D eigenvalue weighted by molar-refractivity contribution is 0.104. The molecule has 31 heavy (non-hydrogen) atoms. The van der Waals surface area contributed by atoms with Gasteiger partial charge in [-0.05, 0) is 67.1 Å². The fraction of sp³-hybridized carbons (Fsp3) is 0.115. The molecule has 3 aromatic carbocycles. The molecule has 5 heteroatoms. The second-order valence-corrected chi connectivity index (χ2v) is 8.09. The maximum atomic E-state index is 12.7. The number of carbonyl (C=O) groups excluding carboxylic acids is 1. The van der Waals surface area contributed by atoms with Crippen molar-refractivity contribution >= 4 is 46.0 Å². The summed E-state index contributed by atoms with van der Waals surface area (Å²) in [6, 6.07) is 21.0. The van der Waals surface area contributed by atoms with Gasteiger partial charge in [0.15, 0.2) is 5.78 Å². The van der Waals surface area contributed by atoms with Crippen LogP contribution in [-0.4, -0.2) is 17.5 Å². The summed E-state index contributed by atoms with van der Waals surface area (Å²) in [5.74, 6) is 0.671. The molecular formula is C26H21Cl2NO2. The molecule has 156 valence electrons. The van der Waals surface area contributed by atoms with Crippen molar-refractivity contribution in [3.63, 3.8) is 0 Å². The monoisotopic (exact) mass is 449 g/mol. The van der Waals surface area contributed by atoms with Gasteiger partial charge >= 0.3 is 0 Å². The molecule has 0 fully saturated rings. The molecule has 0 amide bonds. The highest BCUT2D eigenvalue weighted by molar-refractivity contribution is 6.42. The second kappa shape index (κ2) is 9.01. The van der Waals surface area contributed by atoms with Crippen LogP contribution in [0.25, 0.3) is 17.0 Å². The summed E-state index contributed by atoms with van der Waals surface area (Å²) < 4.78 is 7.39. The van der Waals surface area contributed by atoms with Gasteiger partial charge in [0.05, 0.1) is 17.2 Å². The topological polar surface area (TPSA) is 31.2 Å². The minimum atomic E-state index is -0.0524. The van der Waals surface area contributed by atoms with Gasteiger partial charge in [-0.2, -0.15) is 0 Å². The number of halogens is 2. The van der Waals surface area contributed by atoms with Crippen molar-refractivity contribution in [2.45, 2.75) is 13.5 Å². The van der Waals surface area contributed by atoms with Gasteiger partial charge in [-0.25, -0.2) is 0 Å². The van der Waals surface area contributed by atoms with Gasteiger partial charge in [0.1, 0.15) is 5.75 Å². The van der Waals surface area contributed by atoms with Crippen molar-refractivity contribution < 1.29 is 9.53 Å². The van der Waals surface area contributed by atoms with Gasteiger partial charge < -0.3 is 9.30 Å². The molecule has 0 bridgehead atoms. The van der Waals surface area contributed by atoms with Crippen LogP contribution in [0.1, 0.15) is 27.2 Å². The first-order valence-corrected chi connectivity index (χ1v) is 10.6. The van der Waals surface area contributed by atoms with Gasteiger partial charge in [-0.15, -0.1) is 0 Å². The molecule has 0 saturated carbocycles. The van der Waals surface area contributed by atoms with Gasteiger partial charge in [-0.1, -0.05) is 47.5 Å². The fourth-order valence-electron chi connectivity index (χ4n) is 3.70. The number of methoxy groups -OCH3 is 1. The number of nitrogens with zero attached hydrogens (tertiary/aromatic N) is 1. The SMILES string of the molecule is COc1ccc(C(=O)/C=C/c2c(C)n(Cc3ccc(Cl)c(Cl)c3)c3ccccc23)cc1. The van der Waals surface area contributed by atoms with E-state index in [1.807, 2.05) is 36.4 Å². The lowest BCUT2D eigenvalue weighted by Gasteiger charge is -2.09. The minimum absolute atomic E-state index is 0.0524. The van der Waals surface area contributed by atoms with Crippen molar-refractivity contribution in [1.29, 1.82) is 0 Å². The fourth-order valence-corrected chi connectivity index (χ4v) is 4.02. The van der Waals surface area contributed by atoms with Crippen molar-refractivity contribution in [2.24, 2.45) is 0 Å². The van der Waals surface area contributed by atoms with E-state index in [4.69, 9.17) is 27.9 Å². The highest BCUT2D eigenvalue weighted by atomic mass is 35.5. The third kappa shape index (κ3) is 4.39. The zero-order chi connectivity index (χ0) is 22.0. The van der Waals surface area contributed by atoms with Crippen LogP contribution >= 0.6 is 23.2 Å². The number of fused-ring (bicyclic) bond motifs is 1. The molecule has 1 aromatic heterocycles. The van der Waals surface area contributed by atoms with E-state index < -0.39 is 0 Å². The maximum absolute atomic E-state index is 12.7. The molecule has 4 rings (SSSR count). The number of carbonyl (C=O) groups is 1. The first kappa shape index (κ1) is 21.2. The second-order valence-electron chi connectivity index (χ2n) is 7.28. The molecule has 0 atom stereocenters. The number of ketones is 1. The zero-order valence-corrected chi connectivity index (χ0v) is 18.7. The van der Waals surface area contributed by atoms with Gasteiger partial charge in [0, 0.05) is 34.3 Å². The number of allylic oxidation sites excluding steroid dienone is 1. The summed E-state index contributed by atoms with van der Waals surface area (Å²) in [5, 5.41) is 2.18. The largest absolute Gasteiger partial charge is 0.497 e. The van der Waals surface area contributed by atoms with E-state index in [0.717, 1.165) is 33.5 Å². The highest BCUT2D eigenvalue weighted by Crippen LogP contribution is 2.29. The number of benzene rings is 3. The predicted molar refractivity (Wildman–Crippen MR) is 129 cm³/mol. The molecule has 0 aliphatic carbocycles. The third-order valence-electron chi connectivity index (χ3n) is 5.38. The Morgan fingerprint density at radius 3 is 2.45 bits per heavy atom. The van der Waals surface area contributed by atoms with Crippen LogP contribution in [-0.2, 0) is 6.54 Å². The molecular weight excluding hydrogens is 429 g/mol. The molecule has 3 nitrogen and oxygen atoms in total. The number of aromatic nitrogens is 1. The Morgan fingerprint density at radius 1 is 1.00 bits per heavy atom. The standard InChI is InChI=1S/C26H21Cl2NO2/c1-17-21(12-14-26(30)19-8-10-20(31-2)11-9-19)22-5-3-4-6-25(22)29(17)16-18-7-13-23(27)24(28)15-18/h3-15H,16H2,1-2H3/b14-12+. The van der Waals surface area contributed by atoms with E-state index in [1.165, 1.54) is 0 Å². The summed E-state index contributed by atoms with van der Waals surface area (Å²) in [7, 11) is 1.60.